The number of anilines is 1. The Kier molecular flexibility index (Phi) is 7.89. The van der Waals surface area contributed by atoms with Gasteiger partial charge in [0.25, 0.3) is 0 Å². The number of halogens is 2. The van der Waals surface area contributed by atoms with Crippen molar-refractivity contribution in [3.63, 3.8) is 0 Å². The van der Waals surface area contributed by atoms with Crippen LogP contribution in [0, 0.1) is 5.82 Å². The number of amides is 1. The Balaban J connectivity index is 3.43. The number of ether oxygens (including phenoxy) is 2. The van der Waals surface area contributed by atoms with Gasteiger partial charge in [-0.3, -0.25) is 9.59 Å². The lowest BCUT2D eigenvalue weighted by Crippen LogP contribution is -2.62. The predicted molar refractivity (Wildman–Crippen MR) is 97.3 cm³/mol. The van der Waals surface area contributed by atoms with Gasteiger partial charge in [-0.05, 0) is 41.9 Å². The second-order valence-corrected chi connectivity index (χ2v) is 6.34. The minimum atomic E-state index is -2.41. The fraction of sp³-hybridized carbons (Fsp3) is 0.412. The third-order valence-electron chi connectivity index (χ3n) is 3.46. The maximum atomic E-state index is 13.8. The number of nitrogen functional groups attached to an aromatic ring is 1. The van der Waals surface area contributed by atoms with Gasteiger partial charge in [0.1, 0.15) is 5.82 Å². The number of rotatable bonds is 8. The molecule has 0 bridgehead atoms. The Bertz CT molecular complexity index is 750. The zero-order valence-electron chi connectivity index (χ0n) is 15.1. The van der Waals surface area contributed by atoms with Crippen molar-refractivity contribution in [2.75, 3.05) is 18.9 Å². The smallest absolute Gasteiger partial charge is 0.344 e. The SMILES string of the molecule is CCOC(=O)C(CC(=O)c1cc(F)c(Br)cc1N)(NC(C)=O)C(=O)OCC. The molecule has 0 aliphatic heterocycles. The lowest BCUT2D eigenvalue weighted by Gasteiger charge is -2.29. The van der Waals surface area contributed by atoms with Crippen LogP contribution in [-0.2, 0) is 23.9 Å². The number of esters is 2. The summed E-state index contributed by atoms with van der Waals surface area (Å²) in [6.45, 7) is 3.83. The molecule has 8 nitrogen and oxygen atoms in total. The molecule has 3 N–H and O–H groups in total. The summed E-state index contributed by atoms with van der Waals surface area (Å²) in [5, 5.41) is 2.16. The molecular weight excluding hydrogens is 427 g/mol. The van der Waals surface area contributed by atoms with Gasteiger partial charge in [0.15, 0.2) is 5.78 Å². The van der Waals surface area contributed by atoms with Crippen LogP contribution in [0.3, 0.4) is 0 Å². The normalized spacial score (nSPS) is 10.9. The number of nitrogens with one attached hydrogen (secondary N) is 1. The van der Waals surface area contributed by atoms with Crippen molar-refractivity contribution in [3.05, 3.63) is 28.0 Å². The Morgan fingerprint density at radius 2 is 1.67 bits per heavy atom. The third kappa shape index (κ3) is 5.25. The summed E-state index contributed by atoms with van der Waals surface area (Å²) in [5.74, 6) is -4.70. The van der Waals surface area contributed by atoms with Gasteiger partial charge in [-0.1, -0.05) is 0 Å². The zero-order chi connectivity index (χ0) is 20.8. The molecule has 0 saturated carbocycles. The van der Waals surface area contributed by atoms with E-state index < -0.39 is 41.4 Å². The number of hydrogen-bond donors (Lipinski definition) is 2. The van der Waals surface area contributed by atoms with E-state index in [0.717, 1.165) is 13.0 Å². The molecule has 1 amide bonds. The molecule has 1 aromatic carbocycles. The van der Waals surface area contributed by atoms with Crippen LogP contribution in [0.4, 0.5) is 10.1 Å². The standard InChI is InChI=1S/C17H20BrFN2O6/c1-4-26-15(24)17(21-9(3)22,16(25)27-5-2)8-14(23)10-6-12(19)11(18)7-13(10)20/h6-7H,4-5,8,20H2,1-3H3,(H,21,22). The summed E-state index contributed by atoms with van der Waals surface area (Å²) in [6.07, 6.45) is -0.852. The molecule has 0 saturated heterocycles. The number of carbonyl (C=O) groups is 4. The molecule has 0 atom stereocenters. The van der Waals surface area contributed by atoms with Crippen LogP contribution in [0.15, 0.2) is 16.6 Å². The first-order valence-corrected chi connectivity index (χ1v) is 8.79. The van der Waals surface area contributed by atoms with E-state index in [1.165, 1.54) is 19.9 Å². The second-order valence-electron chi connectivity index (χ2n) is 5.48. The van der Waals surface area contributed by atoms with E-state index in [0.29, 0.717) is 0 Å². The van der Waals surface area contributed by atoms with E-state index in [9.17, 15) is 23.6 Å². The molecule has 0 spiro atoms. The van der Waals surface area contributed by atoms with Crippen LogP contribution in [0.1, 0.15) is 37.6 Å². The summed E-state index contributed by atoms with van der Waals surface area (Å²) < 4.78 is 23.6. The van der Waals surface area contributed by atoms with Crippen LogP contribution >= 0.6 is 15.9 Å². The van der Waals surface area contributed by atoms with Crippen LogP contribution in [0.2, 0.25) is 0 Å². The third-order valence-corrected chi connectivity index (χ3v) is 4.06. The van der Waals surface area contributed by atoms with Gasteiger partial charge >= 0.3 is 11.9 Å². The van der Waals surface area contributed by atoms with Crippen LogP contribution in [0.5, 0.6) is 0 Å². The van der Waals surface area contributed by atoms with E-state index in [1.54, 1.807) is 0 Å². The van der Waals surface area contributed by atoms with Crippen molar-refractivity contribution in [3.8, 4) is 0 Å². The molecule has 1 aromatic rings. The van der Waals surface area contributed by atoms with Crippen LogP contribution in [-0.4, -0.2) is 42.4 Å². The average molecular weight is 447 g/mol. The molecule has 0 radical (unpaired) electrons. The Morgan fingerprint density at radius 1 is 1.15 bits per heavy atom. The highest BCUT2D eigenvalue weighted by Crippen LogP contribution is 2.26. The number of benzene rings is 1. The summed E-state index contributed by atoms with van der Waals surface area (Å²) in [4.78, 5) is 49.3. The fourth-order valence-corrected chi connectivity index (χ4v) is 2.68. The van der Waals surface area contributed by atoms with Crippen molar-refractivity contribution in [1.29, 1.82) is 0 Å². The van der Waals surface area contributed by atoms with Crippen molar-refractivity contribution < 1.29 is 33.0 Å². The van der Waals surface area contributed by atoms with E-state index in [1.807, 2.05) is 0 Å². The minimum Gasteiger partial charge on any atom is -0.464 e. The van der Waals surface area contributed by atoms with Gasteiger partial charge in [-0.2, -0.15) is 0 Å². The molecule has 0 heterocycles. The van der Waals surface area contributed by atoms with Crippen molar-refractivity contribution >= 4 is 45.2 Å². The molecule has 0 aliphatic carbocycles. The van der Waals surface area contributed by atoms with E-state index in [-0.39, 0.29) is 28.9 Å². The highest BCUT2D eigenvalue weighted by molar-refractivity contribution is 9.10. The van der Waals surface area contributed by atoms with Crippen LogP contribution in [0.25, 0.3) is 0 Å². The summed E-state index contributed by atoms with van der Waals surface area (Å²) >= 11 is 2.94. The number of ketones is 1. The molecule has 0 aliphatic rings. The molecule has 10 heteroatoms. The van der Waals surface area contributed by atoms with Gasteiger partial charge < -0.3 is 20.5 Å². The first kappa shape index (κ1) is 22.6. The molecule has 27 heavy (non-hydrogen) atoms. The number of Topliss-reactive ketones (excluding diaryl/α,β-unsaturated/α-hetero) is 1. The first-order valence-electron chi connectivity index (χ1n) is 7.99. The van der Waals surface area contributed by atoms with Gasteiger partial charge in [-0.15, -0.1) is 0 Å². The monoisotopic (exact) mass is 446 g/mol. The number of nitrogens with two attached hydrogens (primary N) is 1. The topological polar surface area (TPSA) is 125 Å². The molecule has 1 rings (SSSR count). The first-order chi connectivity index (χ1) is 12.6. The van der Waals surface area contributed by atoms with Gasteiger partial charge in [-0.25, -0.2) is 14.0 Å². The predicted octanol–water partition coefficient (Wildman–Crippen LogP) is 1.74. The second kappa shape index (κ2) is 9.45. The molecule has 0 aromatic heterocycles. The van der Waals surface area contributed by atoms with Crippen molar-refractivity contribution in [2.45, 2.75) is 32.7 Å². The molecule has 0 unspecified atom stereocenters. The minimum absolute atomic E-state index is 0.0421. The van der Waals surface area contributed by atoms with Gasteiger partial charge in [0, 0.05) is 18.2 Å². The number of carbonyl (C=O) groups excluding carboxylic acids is 4. The summed E-state index contributed by atoms with van der Waals surface area (Å²) in [5.41, 5.74) is 3.01. The summed E-state index contributed by atoms with van der Waals surface area (Å²) in [6, 6.07) is 2.05. The van der Waals surface area contributed by atoms with Crippen molar-refractivity contribution in [2.24, 2.45) is 0 Å². The van der Waals surface area contributed by atoms with E-state index in [4.69, 9.17) is 15.2 Å². The maximum absolute atomic E-state index is 13.8. The molecular formula is C17H20BrFN2O6. The Labute approximate surface area is 163 Å². The Hall–Kier alpha value is -2.49. The van der Waals surface area contributed by atoms with Crippen LogP contribution < -0.4 is 11.1 Å². The molecule has 148 valence electrons. The van der Waals surface area contributed by atoms with Crippen molar-refractivity contribution in [1.82, 2.24) is 5.32 Å². The fourth-order valence-electron chi connectivity index (χ4n) is 2.32. The summed E-state index contributed by atoms with van der Waals surface area (Å²) in [7, 11) is 0. The quantitative estimate of drug-likeness (QED) is 0.269. The average Bonchev–Trinajstić information content (AvgIpc) is 2.57. The maximum Gasteiger partial charge on any atom is 0.344 e. The molecule has 0 fully saturated rings. The zero-order valence-corrected chi connectivity index (χ0v) is 16.6. The van der Waals surface area contributed by atoms with E-state index in [2.05, 4.69) is 21.2 Å². The lowest BCUT2D eigenvalue weighted by atomic mass is 9.89. The largest absolute Gasteiger partial charge is 0.464 e. The highest BCUT2D eigenvalue weighted by atomic mass is 79.9. The van der Waals surface area contributed by atoms with Gasteiger partial charge in [0.2, 0.25) is 11.4 Å². The van der Waals surface area contributed by atoms with Gasteiger partial charge in [0.05, 0.1) is 24.1 Å². The van der Waals surface area contributed by atoms with E-state index >= 15 is 0 Å². The number of hydrogen-bond acceptors (Lipinski definition) is 7. The lowest BCUT2D eigenvalue weighted by molar-refractivity contribution is -0.167. The Morgan fingerprint density at radius 3 is 2.11 bits per heavy atom. The highest BCUT2D eigenvalue weighted by Gasteiger charge is 2.51.